The van der Waals surface area contributed by atoms with E-state index in [1.54, 1.807) is 6.07 Å². The van der Waals surface area contributed by atoms with E-state index in [1.807, 2.05) is 40.0 Å². The third-order valence-electron chi connectivity index (χ3n) is 5.98. The van der Waals surface area contributed by atoms with Gasteiger partial charge < -0.3 is 20.1 Å². The number of carbonyl (C=O) groups excluding carboxylic acids is 1. The average molecular weight is 431 g/mol. The lowest BCUT2D eigenvalue weighted by Crippen LogP contribution is -2.42. The molecule has 6 nitrogen and oxygen atoms in total. The van der Waals surface area contributed by atoms with E-state index in [1.165, 1.54) is 0 Å². The van der Waals surface area contributed by atoms with Crippen LogP contribution in [0.5, 0.6) is 0 Å². The maximum atomic E-state index is 12.9. The number of rotatable bonds is 5. The number of aryl methyl sites for hydroxylation is 3. The maximum absolute atomic E-state index is 12.9. The van der Waals surface area contributed by atoms with Crippen molar-refractivity contribution >= 4 is 23.2 Å². The van der Waals surface area contributed by atoms with Crippen LogP contribution in [0, 0.1) is 20.8 Å². The molecule has 0 bridgehead atoms. The number of nitrogens with zero attached hydrogens (tertiary/aromatic N) is 2. The van der Waals surface area contributed by atoms with Crippen LogP contribution in [-0.4, -0.2) is 49.0 Å². The normalized spacial score (nSPS) is 15.3. The van der Waals surface area contributed by atoms with Crippen LogP contribution in [-0.2, 0) is 6.54 Å². The summed E-state index contributed by atoms with van der Waals surface area (Å²) in [5, 5.41) is 3.32. The number of aromatic nitrogens is 1. The minimum Gasteiger partial charge on any atom is -0.370 e. The maximum Gasteiger partial charge on any atom is 0.253 e. The number of benzene rings is 1. The second-order valence-electron chi connectivity index (χ2n) is 8.42. The van der Waals surface area contributed by atoms with E-state index in [4.69, 9.17) is 11.6 Å². The molecule has 3 rings (SSSR count). The zero-order chi connectivity index (χ0) is 22.0. The van der Waals surface area contributed by atoms with Gasteiger partial charge in [0.25, 0.3) is 11.5 Å². The van der Waals surface area contributed by atoms with Gasteiger partial charge in [-0.05, 0) is 83.1 Å². The first kappa shape index (κ1) is 22.4. The largest absolute Gasteiger partial charge is 0.370 e. The fourth-order valence-electron chi connectivity index (χ4n) is 4.12. The number of nitrogens with one attached hydrogen (secondary N) is 2. The standard InChI is InChI=1S/C23H31ClN4O2/c1-14-10-18(22(29)25-13-19-15(2)12-16(3)26-23(19)30)21(24)20(11-14)28(5)17-6-8-27(4)9-7-17/h10-12,17H,6-9,13H2,1-5H3,(H,25,29)(H,26,30). The van der Waals surface area contributed by atoms with Gasteiger partial charge in [0.15, 0.2) is 0 Å². The summed E-state index contributed by atoms with van der Waals surface area (Å²) in [6.07, 6.45) is 2.13. The first-order valence-corrected chi connectivity index (χ1v) is 10.7. The van der Waals surface area contributed by atoms with Crippen molar-refractivity contribution in [2.24, 2.45) is 0 Å². The molecule has 162 valence electrons. The molecule has 1 aromatic heterocycles. The minimum absolute atomic E-state index is 0.157. The molecule has 7 heteroatoms. The average Bonchev–Trinajstić information content (AvgIpc) is 2.68. The Hall–Kier alpha value is -2.31. The summed E-state index contributed by atoms with van der Waals surface area (Å²) >= 11 is 6.70. The van der Waals surface area contributed by atoms with Crippen molar-refractivity contribution in [3.05, 3.63) is 61.5 Å². The molecule has 1 fully saturated rings. The van der Waals surface area contributed by atoms with Crippen molar-refractivity contribution in [3.8, 4) is 0 Å². The summed E-state index contributed by atoms with van der Waals surface area (Å²) in [6.45, 7) is 7.94. The molecule has 0 saturated carbocycles. The predicted octanol–water partition coefficient (Wildman–Crippen LogP) is 3.41. The molecule has 1 saturated heterocycles. The molecule has 1 amide bonds. The molecule has 0 atom stereocenters. The van der Waals surface area contributed by atoms with Crippen LogP contribution in [0.4, 0.5) is 5.69 Å². The van der Waals surface area contributed by atoms with Crippen molar-refractivity contribution in [3.63, 3.8) is 0 Å². The number of likely N-dealkylation sites (tertiary alicyclic amines) is 1. The molecule has 2 aromatic rings. The number of anilines is 1. The Labute approximate surface area is 183 Å². The first-order chi connectivity index (χ1) is 14.2. The second-order valence-corrected chi connectivity index (χ2v) is 8.79. The van der Waals surface area contributed by atoms with Crippen LogP contribution in [0.25, 0.3) is 0 Å². The Morgan fingerprint density at radius 3 is 2.53 bits per heavy atom. The Kier molecular flexibility index (Phi) is 6.88. The van der Waals surface area contributed by atoms with E-state index in [2.05, 4.69) is 27.1 Å². The number of H-pyrrole nitrogens is 1. The summed E-state index contributed by atoms with van der Waals surface area (Å²) in [7, 11) is 4.19. The molecular formula is C23H31ClN4O2. The summed E-state index contributed by atoms with van der Waals surface area (Å²) in [5.41, 5.74) is 4.33. The van der Waals surface area contributed by atoms with E-state index in [9.17, 15) is 9.59 Å². The molecule has 2 N–H and O–H groups in total. The van der Waals surface area contributed by atoms with E-state index < -0.39 is 0 Å². The quantitative estimate of drug-likeness (QED) is 0.762. The topological polar surface area (TPSA) is 68.4 Å². The van der Waals surface area contributed by atoms with E-state index in [0.717, 1.165) is 48.4 Å². The number of amides is 1. The molecule has 2 heterocycles. The van der Waals surface area contributed by atoms with Gasteiger partial charge in [0.05, 0.1) is 16.3 Å². The number of halogens is 1. The predicted molar refractivity (Wildman–Crippen MR) is 123 cm³/mol. The number of hydrogen-bond donors (Lipinski definition) is 2. The summed E-state index contributed by atoms with van der Waals surface area (Å²) < 4.78 is 0. The van der Waals surface area contributed by atoms with E-state index >= 15 is 0 Å². The Morgan fingerprint density at radius 1 is 1.23 bits per heavy atom. The molecule has 0 radical (unpaired) electrons. The molecule has 0 unspecified atom stereocenters. The van der Waals surface area contributed by atoms with Gasteiger partial charge in [0.1, 0.15) is 0 Å². The third-order valence-corrected chi connectivity index (χ3v) is 6.37. The van der Waals surface area contributed by atoms with Crippen LogP contribution < -0.4 is 15.8 Å². The Morgan fingerprint density at radius 2 is 1.90 bits per heavy atom. The first-order valence-electron chi connectivity index (χ1n) is 10.4. The molecule has 0 aliphatic carbocycles. The Bertz CT molecular complexity index is 993. The summed E-state index contributed by atoms with van der Waals surface area (Å²) in [4.78, 5) is 32.5. The highest BCUT2D eigenvalue weighted by Crippen LogP contribution is 2.33. The fourth-order valence-corrected chi connectivity index (χ4v) is 4.44. The third kappa shape index (κ3) is 4.87. The van der Waals surface area contributed by atoms with Gasteiger partial charge >= 0.3 is 0 Å². The smallest absolute Gasteiger partial charge is 0.253 e. The zero-order valence-corrected chi connectivity index (χ0v) is 19.2. The highest BCUT2D eigenvalue weighted by Gasteiger charge is 2.24. The van der Waals surface area contributed by atoms with Gasteiger partial charge in [0, 0.05) is 30.9 Å². The van der Waals surface area contributed by atoms with Crippen LogP contribution >= 0.6 is 11.6 Å². The van der Waals surface area contributed by atoms with E-state index in [0.29, 0.717) is 22.2 Å². The molecule has 1 aliphatic heterocycles. The van der Waals surface area contributed by atoms with E-state index in [-0.39, 0.29) is 18.0 Å². The van der Waals surface area contributed by atoms with Gasteiger partial charge in [-0.15, -0.1) is 0 Å². The van der Waals surface area contributed by atoms with Crippen molar-refractivity contribution < 1.29 is 4.79 Å². The second kappa shape index (κ2) is 9.23. The van der Waals surface area contributed by atoms with Crippen LogP contribution in [0.3, 0.4) is 0 Å². The summed E-state index contributed by atoms with van der Waals surface area (Å²) in [5.74, 6) is -0.277. The highest BCUT2D eigenvalue weighted by atomic mass is 35.5. The monoisotopic (exact) mass is 430 g/mol. The molecule has 1 aliphatic rings. The van der Waals surface area contributed by atoms with Crippen molar-refractivity contribution in [1.29, 1.82) is 0 Å². The lowest BCUT2D eigenvalue weighted by atomic mass is 10.0. The van der Waals surface area contributed by atoms with Crippen LogP contribution in [0.15, 0.2) is 23.0 Å². The number of carbonyl (C=O) groups is 1. The number of pyridine rings is 1. The fraction of sp³-hybridized carbons (Fsp3) is 0.478. The number of piperidine rings is 1. The lowest BCUT2D eigenvalue weighted by molar-refractivity contribution is 0.0951. The van der Waals surface area contributed by atoms with Crippen LogP contribution in [0.1, 0.15) is 45.6 Å². The Balaban J connectivity index is 1.81. The summed E-state index contributed by atoms with van der Waals surface area (Å²) in [6, 6.07) is 6.13. The molecular weight excluding hydrogens is 400 g/mol. The lowest BCUT2D eigenvalue weighted by Gasteiger charge is -2.37. The molecule has 0 spiro atoms. The van der Waals surface area contributed by atoms with Crippen LogP contribution in [0.2, 0.25) is 5.02 Å². The minimum atomic E-state index is -0.277. The van der Waals surface area contributed by atoms with Gasteiger partial charge in [0.2, 0.25) is 0 Å². The van der Waals surface area contributed by atoms with Crippen molar-refractivity contribution in [1.82, 2.24) is 15.2 Å². The number of aromatic amines is 1. The number of hydrogen-bond acceptors (Lipinski definition) is 4. The molecule has 30 heavy (non-hydrogen) atoms. The van der Waals surface area contributed by atoms with Crippen molar-refractivity contribution in [2.75, 3.05) is 32.1 Å². The zero-order valence-electron chi connectivity index (χ0n) is 18.4. The molecule has 1 aromatic carbocycles. The van der Waals surface area contributed by atoms with Gasteiger partial charge in [-0.1, -0.05) is 11.6 Å². The highest BCUT2D eigenvalue weighted by molar-refractivity contribution is 6.36. The van der Waals surface area contributed by atoms with Gasteiger partial charge in [-0.2, -0.15) is 0 Å². The SMILES string of the molecule is Cc1cc(C(=O)NCc2c(C)cc(C)[nH]c2=O)c(Cl)c(N(C)C2CCN(C)CC2)c1. The van der Waals surface area contributed by atoms with Gasteiger partial charge in [-0.25, -0.2) is 0 Å². The van der Waals surface area contributed by atoms with Gasteiger partial charge in [-0.3, -0.25) is 9.59 Å². The van der Waals surface area contributed by atoms with Crippen molar-refractivity contribution in [2.45, 2.75) is 46.2 Å².